The van der Waals surface area contributed by atoms with Crippen molar-refractivity contribution in [2.24, 2.45) is 0 Å². The highest BCUT2D eigenvalue weighted by molar-refractivity contribution is 5.89. The highest BCUT2D eigenvalue weighted by Gasteiger charge is 2.19. The average Bonchev–Trinajstić information content (AvgIpc) is 2.84. The molecule has 5 nitrogen and oxygen atoms in total. The van der Waals surface area contributed by atoms with Crippen LogP contribution in [0, 0.1) is 5.82 Å². The fourth-order valence-corrected chi connectivity index (χ4v) is 2.84. The number of amides is 2. The van der Waals surface area contributed by atoms with Crippen molar-refractivity contribution in [2.75, 3.05) is 31.5 Å². The number of pyridine rings is 1. The normalized spacial score (nSPS) is 15.8. The summed E-state index contributed by atoms with van der Waals surface area (Å²) in [6.07, 6.45) is 4.17. The van der Waals surface area contributed by atoms with Gasteiger partial charge in [-0.2, -0.15) is 0 Å². The Hall–Kier alpha value is -2.47. The quantitative estimate of drug-likeness (QED) is 0.942. The molecule has 1 aromatic heterocycles. The van der Waals surface area contributed by atoms with Gasteiger partial charge in [0.05, 0.1) is 0 Å². The Morgan fingerprint density at radius 2 is 1.88 bits per heavy atom. The summed E-state index contributed by atoms with van der Waals surface area (Å²) >= 11 is 0. The van der Waals surface area contributed by atoms with Gasteiger partial charge in [0.25, 0.3) is 0 Å². The first-order valence-electron chi connectivity index (χ1n) is 8.14. The van der Waals surface area contributed by atoms with Gasteiger partial charge in [0, 0.05) is 56.4 Å². The number of aromatic nitrogens is 1. The third-order valence-electron chi connectivity index (χ3n) is 4.16. The number of nitrogens with one attached hydrogen (secondary N) is 1. The number of benzene rings is 1. The van der Waals surface area contributed by atoms with Crippen molar-refractivity contribution in [3.63, 3.8) is 0 Å². The van der Waals surface area contributed by atoms with Gasteiger partial charge in [-0.05, 0) is 24.6 Å². The van der Waals surface area contributed by atoms with Gasteiger partial charge in [-0.25, -0.2) is 9.18 Å². The Labute approximate surface area is 141 Å². The lowest BCUT2D eigenvalue weighted by Gasteiger charge is -2.22. The maximum absolute atomic E-state index is 13.8. The minimum absolute atomic E-state index is 0.103. The van der Waals surface area contributed by atoms with Crippen molar-refractivity contribution in [3.8, 4) is 0 Å². The number of rotatable bonds is 3. The Morgan fingerprint density at radius 3 is 2.67 bits per heavy atom. The molecule has 2 aromatic rings. The van der Waals surface area contributed by atoms with Gasteiger partial charge in [0.15, 0.2) is 0 Å². The lowest BCUT2D eigenvalue weighted by molar-refractivity contribution is 0.211. The van der Waals surface area contributed by atoms with Gasteiger partial charge in [0.1, 0.15) is 5.82 Å². The Bertz CT molecular complexity index is 680. The van der Waals surface area contributed by atoms with E-state index < -0.39 is 0 Å². The first kappa shape index (κ1) is 16.4. The fourth-order valence-electron chi connectivity index (χ4n) is 2.84. The van der Waals surface area contributed by atoms with E-state index in [1.54, 1.807) is 30.6 Å². The van der Waals surface area contributed by atoms with Crippen LogP contribution in [0.4, 0.5) is 14.9 Å². The van der Waals surface area contributed by atoms with E-state index in [4.69, 9.17) is 0 Å². The molecule has 126 valence electrons. The molecule has 0 bridgehead atoms. The van der Waals surface area contributed by atoms with Crippen LogP contribution in [-0.4, -0.2) is 47.0 Å². The summed E-state index contributed by atoms with van der Waals surface area (Å²) in [5, 5.41) is 2.88. The van der Waals surface area contributed by atoms with Crippen molar-refractivity contribution < 1.29 is 9.18 Å². The van der Waals surface area contributed by atoms with Gasteiger partial charge in [-0.1, -0.05) is 18.2 Å². The van der Waals surface area contributed by atoms with Gasteiger partial charge >= 0.3 is 6.03 Å². The van der Waals surface area contributed by atoms with E-state index in [-0.39, 0.29) is 11.8 Å². The van der Waals surface area contributed by atoms with E-state index >= 15 is 0 Å². The summed E-state index contributed by atoms with van der Waals surface area (Å²) in [5.74, 6) is -0.172. The van der Waals surface area contributed by atoms with Gasteiger partial charge in [-0.3, -0.25) is 9.88 Å². The molecule has 0 saturated carbocycles. The maximum atomic E-state index is 13.8. The molecule has 0 atom stereocenters. The number of halogens is 1. The van der Waals surface area contributed by atoms with Gasteiger partial charge in [-0.15, -0.1) is 0 Å². The van der Waals surface area contributed by atoms with Gasteiger partial charge in [0.2, 0.25) is 0 Å². The molecule has 1 fully saturated rings. The molecule has 24 heavy (non-hydrogen) atoms. The van der Waals surface area contributed by atoms with Gasteiger partial charge < -0.3 is 10.2 Å². The molecule has 2 heterocycles. The molecule has 0 radical (unpaired) electrons. The highest BCUT2D eigenvalue weighted by atomic mass is 19.1. The van der Waals surface area contributed by atoms with Crippen LogP contribution in [0.15, 0.2) is 48.8 Å². The average molecular weight is 328 g/mol. The molecule has 6 heteroatoms. The van der Waals surface area contributed by atoms with Crippen LogP contribution in [-0.2, 0) is 6.54 Å². The Morgan fingerprint density at radius 1 is 1.08 bits per heavy atom. The number of hydrogen-bond acceptors (Lipinski definition) is 3. The second-order valence-corrected chi connectivity index (χ2v) is 5.87. The van der Waals surface area contributed by atoms with E-state index in [1.165, 1.54) is 6.07 Å². The summed E-state index contributed by atoms with van der Waals surface area (Å²) in [7, 11) is 0. The second-order valence-electron chi connectivity index (χ2n) is 5.87. The summed E-state index contributed by atoms with van der Waals surface area (Å²) in [6, 6.07) is 10.3. The topological polar surface area (TPSA) is 48.5 Å². The third kappa shape index (κ3) is 4.29. The molecule has 1 aromatic carbocycles. The lowest BCUT2D eigenvalue weighted by atomic mass is 10.2. The molecule has 0 aliphatic carbocycles. The number of carbonyl (C=O) groups is 1. The smallest absolute Gasteiger partial charge is 0.321 e. The zero-order valence-corrected chi connectivity index (χ0v) is 13.5. The zero-order chi connectivity index (χ0) is 16.8. The van der Waals surface area contributed by atoms with Crippen LogP contribution >= 0.6 is 0 Å². The molecule has 1 saturated heterocycles. The van der Waals surface area contributed by atoms with Crippen molar-refractivity contribution >= 4 is 11.7 Å². The molecule has 2 amide bonds. The molecular formula is C18H21FN4O. The summed E-state index contributed by atoms with van der Waals surface area (Å²) in [5.41, 5.74) is 1.44. The number of hydrogen-bond donors (Lipinski definition) is 1. The number of urea groups is 1. The first-order valence-corrected chi connectivity index (χ1v) is 8.14. The van der Waals surface area contributed by atoms with Crippen molar-refractivity contribution in [3.05, 3.63) is 60.2 Å². The predicted octanol–water partition coefficient (Wildman–Crippen LogP) is 2.96. The molecule has 1 aliphatic rings. The Balaban J connectivity index is 1.55. The maximum Gasteiger partial charge on any atom is 0.321 e. The minimum atomic E-state index is -0.172. The molecule has 3 rings (SSSR count). The summed E-state index contributed by atoms with van der Waals surface area (Å²) in [6.45, 7) is 3.49. The predicted molar refractivity (Wildman–Crippen MR) is 91.1 cm³/mol. The zero-order valence-electron chi connectivity index (χ0n) is 13.5. The summed E-state index contributed by atoms with van der Waals surface area (Å²) < 4.78 is 13.8. The Kier molecular flexibility index (Phi) is 5.38. The molecule has 1 N–H and O–H groups in total. The third-order valence-corrected chi connectivity index (χ3v) is 4.16. The van der Waals surface area contributed by atoms with Crippen molar-refractivity contribution in [1.29, 1.82) is 0 Å². The monoisotopic (exact) mass is 328 g/mol. The lowest BCUT2D eigenvalue weighted by Crippen LogP contribution is -2.38. The van der Waals surface area contributed by atoms with Crippen molar-refractivity contribution in [1.82, 2.24) is 14.8 Å². The molecule has 0 spiro atoms. The van der Waals surface area contributed by atoms with Crippen LogP contribution in [0.25, 0.3) is 0 Å². The van der Waals surface area contributed by atoms with E-state index in [9.17, 15) is 9.18 Å². The minimum Gasteiger partial charge on any atom is -0.323 e. The number of nitrogens with zero attached hydrogens (tertiary/aromatic N) is 3. The van der Waals surface area contributed by atoms with E-state index in [1.807, 2.05) is 17.0 Å². The van der Waals surface area contributed by atoms with Crippen LogP contribution in [0.5, 0.6) is 0 Å². The SMILES string of the molecule is O=C(Nc1ccncc1)N1CCCN(Cc2ccccc2F)CC1. The molecular weight excluding hydrogens is 307 g/mol. The van der Waals surface area contributed by atoms with E-state index in [2.05, 4.69) is 15.2 Å². The second kappa shape index (κ2) is 7.88. The number of anilines is 1. The van der Waals surface area contributed by atoms with Crippen LogP contribution in [0.1, 0.15) is 12.0 Å². The van der Waals surface area contributed by atoms with E-state index in [0.29, 0.717) is 25.2 Å². The molecule has 1 aliphatic heterocycles. The van der Waals surface area contributed by atoms with Crippen LogP contribution < -0.4 is 5.32 Å². The van der Waals surface area contributed by atoms with Crippen molar-refractivity contribution in [2.45, 2.75) is 13.0 Å². The van der Waals surface area contributed by atoms with Crippen LogP contribution in [0.3, 0.4) is 0 Å². The number of carbonyl (C=O) groups excluding carboxylic acids is 1. The standard InChI is InChI=1S/C18H21FN4O/c19-17-5-2-1-4-15(17)14-22-10-3-11-23(13-12-22)18(24)21-16-6-8-20-9-7-16/h1-2,4-9H,3,10-14H2,(H,20,21,24). The summed E-state index contributed by atoms with van der Waals surface area (Å²) in [4.78, 5) is 20.3. The van der Waals surface area contributed by atoms with E-state index in [0.717, 1.165) is 25.2 Å². The highest BCUT2D eigenvalue weighted by Crippen LogP contribution is 2.13. The first-order chi connectivity index (χ1) is 11.7. The molecule has 0 unspecified atom stereocenters. The fraction of sp³-hybridized carbons (Fsp3) is 0.333. The van der Waals surface area contributed by atoms with Crippen LogP contribution in [0.2, 0.25) is 0 Å². The largest absolute Gasteiger partial charge is 0.323 e.